The van der Waals surface area contributed by atoms with Crippen LogP contribution in [-0.4, -0.2) is 20.4 Å². The van der Waals surface area contributed by atoms with Crippen LogP contribution in [0.3, 0.4) is 0 Å². The van der Waals surface area contributed by atoms with E-state index in [-0.39, 0.29) is 29.2 Å². The van der Waals surface area contributed by atoms with Crippen molar-refractivity contribution in [3.63, 3.8) is 0 Å². The van der Waals surface area contributed by atoms with Gasteiger partial charge in [0.15, 0.2) is 0 Å². The molecular formula is C23H24N2O3S. The van der Waals surface area contributed by atoms with Gasteiger partial charge in [-0.25, -0.2) is 13.6 Å². The third-order valence-corrected chi connectivity index (χ3v) is 5.75. The highest BCUT2D eigenvalue weighted by Gasteiger charge is 2.22. The molecule has 0 saturated carbocycles. The normalized spacial score (nSPS) is 12.5. The highest BCUT2D eigenvalue weighted by Crippen LogP contribution is 2.28. The van der Waals surface area contributed by atoms with Crippen LogP contribution in [0.1, 0.15) is 29.5 Å². The molecule has 0 spiro atoms. The maximum atomic E-state index is 12.6. The molecule has 1 amide bonds. The maximum absolute atomic E-state index is 12.6. The first-order valence-electron chi connectivity index (χ1n) is 9.35. The van der Waals surface area contributed by atoms with Crippen molar-refractivity contribution in [2.24, 2.45) is 5.14 Å². The second-order valence-corrected chi connectivity index (χ2v) is 8.58. The lowest BCUT2D eigenvalue weighted by Gasteiger charge is -2.26. The van der Waals surface area contributed by atoms with E-state index in [1.54, 1.807) is 12.1 Å². The van der Waals surface area contributed by atoms with Crippen LogP contribution in [0.4, 0.5) is 0 Å². The molecule has 6 heteroatoms. The van der Waals surface area contributed by atoms with Gasteiger partial charge in [-0.15, -0.1) is 0 Å². The summed E-state index contributed by atoms with van der Waals surface area (Å²) in [5.74, 6) is -0.108. The Balaban J connectivity index is 1.74. The summed E-state index contributed by atoms with van der Waals surface area (Å²) < 4.78 is 22.7. The van der Waals surface area contributed by atoms with Crippen molar-refractivity contribution in [1.29, 1.82) is 0 Å². The van der Waals surface area contributed by atoms with E-state index in [9.17, 15) is 13.2 Å². The molecule has 0 bridgehead atoms. The van der Waals surface area contributed by atoms with Gasteiger partial charge in [0.05, 0.1) is 11.3 Å². The van der Waals surface area contributed by atoms with Crippen molar-refractivity contribution < 1.29 is 13.2 Å². The third-order valence-electron chi connectivity index (χ3n) is 4.82. The number of sulfonamides is 1. The van der Waals surface area contributed by atoms with Crippen LogP contribution in [-0.2, 0) is 21.2 Å². The molecule has 3 N–H and O–H groups in total. The Bertz CT molecular complexity index is 1010. The molecule has 0 aliphatic heterocycles. The highest BCUT2D eigenvalue weighted by atomic mass is 32.2. The first-order valence-corrected chi connectivity index (χ1v) is 10.9. The number of carbonyl (C=O) groups is 1. The van der Waals surface area contributed by atoms with Gasteiger partial charge in [-0.3, -0.25) is 4.79 Å². The number of rotatable bonds is 7. The van der Waals surface area contributed by atoms with Crippen LogP contribution < -0.4 is 10.5 Å². The third kappa shape index (κ3) is 5.53. The molecule has 0 aliphatic rings. The summed E-state index contributed by atoms with van der Waals surface area (Å²) in [6.45, 7) is 1.99. The van der Waals surface area contributed by atoms with Gasteiger partial charge in [0, 0.05) is 12.0 Å². The zero-order valence-electron chi connectivity index (χ0n) is 16.2. The van der Waals surface area contributed by atoms with Gasteiger partial charge in [0.25, 0.3) is 0 Å². The lowest BCUT2D eigenvalue weighted by Crippen LogP contribution is -2.38. The molecule has 150 valence electrons. The predicted molar refractivity (Wildman–Crippen MR) is 114 cm³/mol. The van der Waals surface area contributed by atoms with Crippen molar-refractivity contribution in [2.75, 3.05) is 0 Å². The van der Waals surface area contributed by atoms with Gasteiger partial charge < -0.3 is 5.32 Å². The number of nitrogens with two attached hydrogens (primary N) is 1. The van der Waals surface area contributed by atoms with E-state index in [4.69, 9.17) is 5.14 Å². The number of hydrogen-bond donors (Lipinski definition) is 2. The summed E-state index contributed by atoms with van der Waals surface area (Å²) in [6.07, 6.45) is 0.158. The largest absolute Gasteiger partial charge is 0.352 e. The van der Waals surface area contributed by atoms with Crippen molar-refractivity contribution in [1.82, 2.24) is 5.32 Å². The molecule has 1 unspecified atom stereocenters. The van der Waals surface area contributed by atoms with E-state index in [1.165, 1.54) is 12.1 Å². The van der Waals surface area contributed by atoms with Gasteiger partial charge >= 0.3 is 0 Å². The van der Waals surface area contributed by atoms with Gasteiger partial charge in [0.2, 0.25) is 15.9 Å². The number of carbonyl (C=O) groups excluding carboxylic acids is 1. The monoisotopic (exact) mass is 408 g/mol. The van der Waals surface area contributed by atoms with E-state index in [0.29, 0.717) is 0 Å². The van der Waals surface area contributed by atoms with E-state index < -0.39 is 10.0 Å². The van der Waals surface area contributed by atoms with Gasteiger partial charge in [-0.05, 0) is 35.7 Å². The predicted octanol–water partition coefficient (Wildman–Crippen LogP) is 3.21. The fourth-order valence-electron chi connectivity index (χ4n) is 3.46. The zero-order valence-corrected chi connectivity index (χ0v) is 17.0. The molecule has 1 atom stereocenters. The van der Waals surface area contributed by atoms with Crippen LogP contribution >= 0.6 is 0 Å². The van der Waals surface area contributed by atoms with Crippen LogP contribution in [0.2, 0.25) is 0 Å². The van der Waals surface area contributed by atoms with E-state index in [1.807, 2.05) is 43.3 Å². The molecule has 0 aromatic heterocycles. The highest BCUT2D eigenvalue weighted by molar-refractivity contribution is 7.89. The lowest BCUT2D eigenvalue weighted by atomic mass is 9.85. The van der Waals surface area contributed by atoms with Crippen molar-refractivity contribution in [2.45, 2.75) is 30.2 Å². The van der Waals surface area contributed by atoms with Gasteiger partial charge in [-0.2, -0.15) is 0 Å². The minimum atomic E-state index is -3.74. The molecule has 0 aliphatic carbocycles. The van der Waals surface area contributed by atoms with Crippen molar-refractivity contribution >= 4 is 15.9 Å². The Morgan fingerprint density at radius 1 is 0.862 bits per heavy atom. The van der Waals surface area contributed by atoms with Crippen LogP contribution in [0.25, 0.3) is 0 Å². The van der Waals surface area contributed by atoms with Crippen molar-refractivity contribution in [3.8, 4) is 0 Å². The summed E-state index contributed by atoms with van der Waals surface area (Å²) in [5.41, 5.74) is 2.98. The Labute approximate surface area is 171 Å². The molecule has 3 aromatic carbocycles. The molecule has 0 fully saturated rings. The Kier molecular flexibility index (Phi) is 6.46. The van der Waals surface area contributed by atoms with E-state index >= 15 is 0 Å². The average molecular weight is 409 g/mol. The average Bonchev–Trinajstić information content (AvgIpc) is 2.69. The Morgan fingerprint density at radius 3 is 1.79 bits per heavy atom. The second-order valence-electron chi connectivity index (χ2n) is 7.02. The quantitative estimate of drug-likeness (QED) is 0.629. The summed E-state index contributed by atoms with van der Waals surface area (Å²) in [4.78, 5) is 12.6. The molecule has 3 aromatic rings. The number of benzene rings is 3. The fraction of sp³-hybridized carbons (Fsp3) is 0.174. The number of primary sulfonamides is 1. The molecule has 3 rings (SSSR count). The van der Waals surface area contributed by atoms with Crippen molar-refractivity contribution in [3.05, 3.63) is 102 Å². The number of amides is 1. The maximum Gasteiger partial charge on any atom is 0.238 e. The molecule has 5 nitrogen and oxygen atoms in total. The molecule has 29 heavy (non-hydrogen) atoms. The standard InChI is InChI=1S/C23H24N2O3S/c1-17(23(19-8-4-2-5-9-19)20-10-6-3-7-11-20)25-22(26)16-18-12-14-21(15-13-18)29(24,27)28/h2-15,17,23H,16H2,1H3,(H,25,26)(H2,24,27,28). The SMILES string of the molecule is CC(NC(=O)Cc1ccc(S(N)(=O)=O)cc1)C(c1ccccc1)c1ccccc1. The summed E-state index contributed by atoms with van der Waals surface area (Å²) in [6, 6.07) is 26.1. The summed E-state index contributed by atoms with van der Waals surface area (Å²) in [5, 5.41) is 8.20. The number of hydrogen-bond acceptors (Lipinski definition) is 3. The van der Waals surface area contributed by atoms with E-state index in [0.717, 1.165) is 16.7 Å². The van der Waals surface area contributed by atoms with Crippen LogP contribution in [0, 0.1) is 0 Å². The number of nitrogens with one attached hydrogen (secondary N) is 1. The molecule has 0 radical (unpaired) electrons. The van der Waals surface area contributed by atoms with Gasteiger partial charge in [0.1, 0.15) is 0 Å². The van der Waals surface area contributed by atoms with Crippen LogP contribution in [0.15, 0.2) is 89.8 Å². The summed E-state index contributed by atoms with van der Waals surface area (Å²) >= 11 is 0. The second kappa shape index (κ2) is 9.03. The van der Waals surface area contributed by atoms with E-state index in [2.05, 4.69) is 29.6 Å². The first-order chi connectivity index (χ1) is 13.8. The van der Waals surface area contributed by atoms with Gasteiger partial charge in [-0.1, -0.05) is 72.8 Å². The summed E-state index contributed by atoms with van der Waals surface area (Å²) in [7, 11) is -3.74. The van der Waals surface area contributed by atoms with Crippen LogP contribution in [0.5, 0.6) is 0 Å². The Morgan fingerprint density at radius 2 is 1.34 bits per heavy atom. The molecule has 0 saturated heterocycles. The lowest BCUT2D eigenvalue weighted by molar-refractivity contribution is -0.121. The molecular weight excluding hydrogens is 384 g/mol. The molecule has 0 heterocycles. The Hall–Kier alpha value is -2.96. The minimum absolute atomic E-state index is 0.0195. The first kappa shape index (κ1) is 20.8. The topological polar surface area (TPSA) is 89.3 Å². The zero-order chi connectivity index (χ0) is 20.9. The smallest absolute Gasteiger partial charge is 0.238 e. The fourth-order valence-corrected chi connectivity index (χ4v) is 3.98. The minimum Gasteiger partial charge on any atom is -0.352 e.